The number of benzene rings is 1. The van der Waals surface area contributed by atoms with E-state index in [0.717, 1.165) is 23.5 Å². The molecule has 0 aliphatic heterocycles. The Balaban J connectivity index is 1.89. The molecule has 3 aromatic rings. The van der Waals surface area contributed by atoms with Crippen molar-refractivity contribution in [3.63, 3.8) is 0 Å². The lowest BCUT2D eigenvalue weighted by molar-refractivity contribution is -0.114. The van der Waals surface area contributed by atoms with Crippen LogP contribution in [-0.2, 0) is 14.8 Å². The van der Waals surface area contributed by atoms with Gasteiger partial charge in [0, 0.05) is 12.5 Å². The molecule has 1 aromatic carbocycles. The summed E-state index contributed by atoms with van der Waals surface area (Å²) in [5.74, 6) is -2.34. The predicted octanol–water partition coefficient (Wildman–Crippen LogP) is 4.31. The number of rotatable bonds is 5. The number of thiazole rings is 1. The highest BCUT2D eigenvalue weighted by Crippen LogP contribution is 2.36. The van der Waals surface area contributed by atoms with Crippen LogP contribution in [0.15, 0.2) is 39.3 Å². The second-order valence-corrected chi connectivity index (χ2v) is 9.82. The molecule has 0 radical (unpaired) electrons. The van der Waals surface area contributed by atoms with Gasteiger partial charge in [-0.2, -0.15) is 8.42 Å². The van der Waals surface area contributed by atoms with Crippen LogP contribution < -0.4 is 10.0 Å². The molecule has 0 aliphatic carbocycles. The van der Waals surface area contributed by atoms with E-state index in [-0.39, 0.29) is 27.3 Å². The second kappa shape index (κ2) is 8.13. The molecule has 152 valence electrons. The zero-order valence-electron chi connectivity index (χ0n) is 15.0. The lowest BCUT2D eigenvalue weighted by Gasteiger charge is -2.09. The predicted molar refractivity (Wildman–Crippen MR) is 109 cm³/mol. The minimum atomic E-state index is -4.07. The van der Waals surface area contributed by atoms with Crippen LogP contribution in [0, 0.1) is 18.6 Å². The number of halogens is 3. The number of anilines is 2. The number of aromatic nitrogens is 2. The van der Waals surface area contributed by atoms with Crippen molar-refractivity contribution in [2.45, 2.75) is 18.9 Å². The van der Waals surface area contributed by atoms with Gasteiger partial charge in [-0.15, -0.1) is 0 Å². The van der Waals surface area contributed by atoms with Crippen LogP contribution >= 0.6 is 27.3 Å². The minimum absolute atomic E-state index is 0.0174. The van der Waals surface area contributed by atoms with Gasteiger partial charge in [-0.3, -0.25) is 9.52 Å². The van der Waals surface area contributed by atoms with E-state index < -0.39 is 21.7 Å². The minimum Gasteiger partial charge on any atom is -0.325 e. The van der Waals surface area contributed by atoms with E-state index in [1.54, 1.807) is 0 Å². The summed E-state index contributed by atoms with van der Waals surface area (Å²) < 4.78 is 54.8. The Bertz CT molecular complexity index is 1220. The molecule has 2 N–H and O–H groups in total. The van der Waals surface area contributed by atoms with Crippen LogP contribution in [-0.4, -0.2) is 24.3 Å². The van der Waals surface area contributed by atoms with E-state index >= 15 is 0 Å². The van der Waals surface area contributed by atoms with E-state index in [1.165, 1.54) is 32.2 Å². The van der Waals surface area contributed by atoms with Crippen molar-refractivity contribution in [1.29, 1.82) is 0 Å². The Morgan fingerprint density at radius 3 is 2.55 bits per heavy atom. The molecule has 0 unspecified atom stereocenters. The van der Waals surface area contributed by atoms with Crippen molar-refractivity contribution in [1.82, 2.24) is 9.97 Å². The fourth-order valence-corrected chi connectivity index (χ4v) is 5.33. The second-order valence-electron chi connectivity index (χ2n) is 5.90. The van der Waals surface area contributed by atoms with Gasteiger partial charge in [-0.1, -0.05) is 11.3 Å². The molecule has 1 amide bonds. The first-order valence-electron chi connectivity index (χ1n) is 7.95. The highest BCUT2D eigenvalue weighted by atomic mass is 79.9. The van der Waals surface area contributed by atoms with Crippen LogP contribution in [0.25, 0.3) is 11.3 Å². The van der Waals surface area contributed by atoms with E-state index in [4.69, 9.17) is 0 Å². The number of nitrogens with zero attached hydrogens (tertiary/aromatic N) is 2. The van der Waals surface area contributed by atoms with E-state index in [0.29, 0.717) is 15.0 Å². The summed E-state index contributed by atoms with van der Waals surface area (Å²) >= 11 is 4.23. The standard InChI is InChI=1S/C17H13BrF2N4O3S2/c1-8-5-11(22-9(2)25)7-21-16(8)29(26,27)24-17-23-14(15(18)28-17)10-3-4-12(19)13(20)6-10/h3-7H,1-2H3,(H,22,25)(H,23,24). The van der Waals surface area contributed by atoms with E-state index in [9.17, 15) is 22.0 Å². The van der Waals surface area contributed by atoms with Crippen molar-refractivity contribution < 1.29 is 22.0 Å². The molecule has 2 aromatic heterocycles. The topological polar surface area (TPSA) is 101 Å². The molecule has 0 atom stereocenters. The van der Waals surface area contributed by atoms with E-state index in [1.807, 2.05) is 0 Å². The molecule has 0 saturated heterocycles. The smallest absolute Gasteiger partial charge is 0.281 e. The molecule has 0 fully saturated rings. The fourth-order valence-electron chi connectivity index (χ4n) is 2.45. The molecule has 7 nitrogen and oxygen atoms in total. The van der Waals surface area contributed by atoms with Gasteiger partial charge in [0.15, 0.2) is 21.8 Å². The molecular weight excluding hydrogens is 490 g/mol. The number of amides is 1. The first kappa shape index (κ1) is 21.3. The summed E-state index contributed by atoms with van der Waals surface area (Å²) in [7, 11) is -4.07. The molecular formula is C17H13BrF2N4O3S2. The van der Waals surface area contributed by atoms with Gasteiger partial charge in [0.1, 0.15) is 0 Å². The summed E-state index contributed by atoms with van der Waals surface area (Å²) in [4.78, 5) is 19.2. The average Bonchev–Trinajstić information content (AvgIpc) is 2.96. The SMILES string of the molecule is CC(=O)Nc1cnc(S(=O)(=O)Nc2nc(-c3ccc(F)c(F)c3)c(Br)s2)c(C)c1. The molecule has 29 heavy (non-hydrogen) atoms. The average molecular weight is 503 g/mol. The van der Waals surface area contributed by atoms with Gasteiger partial charge in [0.2, 0.25) is 5.91 Å². The Hall–Kier alpha value is -2.44. The van der Waals surface area contributed by atoms with Gasteiger partial charge >= 0.3 is 0 Å². The van der Waals surface area contributed by atoms with Crippen molar-refractivity contribution in [2.24, 2.45) is 0 Å². The number of hydrogen-bond acceptors (Lipinski definition) is 6. The number of hydrogen-bond donors (Lipinski definition) is 2. The Morgan fingerprint density at radius 2 is 1.93 bits per heavy atom. The lowest BCUT2D eigenvalue weighted by atomic mass is 10.2. The van der Waals surface area contributed by atoms with Gasteiger partial charge in [0.05, 0.1) is 21.4 Å². The molecule has 0 spiro atoms. The fraction of sp³-hybridized carbons (Fsp3) is 0.118. The third-order valence-electron chi connectivity index (χ3n) is 3.61. The molecule has 0 bridgehead atoms. The number of sulfonamides is 1. The largest absolute Gasteiger partial charge is 0.325 e. The van der Waals surface area contributed by atoms with Gasteiger partial charge in [-0.05, 0) is 52.7 Å². The number of carbonyl (C=O) groups is 1. The number of pyridine rings is 1. The Kier molecular flexibility index (Phi) is 5.96. The van der Waals surface area contributed by atoms with Crippen LogP contribution in [0.4, 0.5) is 19.6 Å². The normalized spacial score (nSPS) is 11.3. The number of nitrogens with one attached hydrogen (secondary N) is 2. The summed E-state index contributed by atoms with van der Waals surface area (Å²) in [5, 5.41) is 2.31. The lowest BCUT2D eigenvalue weighted by Crippen LogP contribution is -2.16. The zero-order chi connectivity index (χ0) is 21.3. The highest BCUT2D eigenvalue weighted by Gasteiger charge is 2.22. The van der Waals surface area contributed by atoms with Crippen LogP contribution in [0.5, 0.6) is 0 Å². The highest BCUT2D eigenvalue weighted by molar-refractivity contribution is 9.11. The van der Waals surface area contributed by atoms with E-state index in [2.05, 4.69) is 35.9 Å². The third kappa shape index (κ3) is 4.77. The zero-order valence-corrected chi connectivity index (χ0v) is 18.2. The van der Waals surface area contributed by atoms with Crippen molar-refractivity contribution in [3.8, 4) is 11.3 Å². The van der Waals surface area contributed by atoms with Gasteiger partial charge in [-0.25, -0.2) is 18.7 Å². The van der Waals surface area contributed by atoms with Crippen molar-refractivity contribution in [2.75, 3.05) is 10.0 Å². The van der Waals surface area contributed by atoms with Crippen LogP contribution in [0.3, 0.4) is 0 Å². The summed E-state index contributed by atoms with van der Waals surface area (Å²) in [6, 6.07) is 4.75. The monoisotopic (exact) mass is 502 g/mol. The molecule has 3 rings (SSSR count). The Labute approximate surface area is 177 Å². The maximum Gasteiger partial charge on any atom is 0.281 e. The van der Waals surface area contributed by atoms with Gasteiger partial charge < -0.3 is 5.32 Å². The maximum absolute atomic E-state index is 13.5. The maximum atomic E-state index is 13.5. The van der Waals surface area contributed by atoms with Crippen molar-refractivity contribution in [3.05, 3.63) is 51.4 Å². The quantitative estimate of drug-likeness (QED) is 0.541. The molecule has 2 heterocycles. The Morgan fingerprint density at radius 1 is 1.21 bits per heavy atom. The number of aryl methyl sites for hydroxylation is 1. The van der Waals surface area contributed by atoms with Gasteiger partial charge in [0.25, 0.3) is 10.0 Å². The van der Waals surface area contributed by atoms with Crippen LogP contribution in [0.1, 0.15) is 12.5 Å². The third-order valence-corrected chi connectivity index (χ3v) is 6.75. The summed E-state index contributed by atoms with van der Waals surface area (Å²) in [6.45, 7) is 2.86. The first-order chi connectivity index (χ1) is 13.6. The number of carbonyl (C=O) groups excluding carboxylic acids is 1. The summed E-state index contributed by atoms with van der Waals surface area (Å²) in [5.41, 5.74) is 1.23. The molecule has 12 heteroatoms. The molecule has 0 aliphatic rings. The first-order valence-corrected chi connectivity index (χ1v) is 11.0. The molecule has 0 saturated carbocycles. The van der Waals surface area contributed by atoms with Crippen molar-refractivity contribution >= 4 is 54.0 Å². The summed E-state index contributed by atoms with van der Waals surface area (Å²) in [6.07, 6.45) is 1.23. The van der Waals surface area contributed by atoms with Crippen LogP contribution in [0.2, 0.25) is 0 Å².